The maximum atomic E-state index is 12.8. The van der Waals surface area contributed by atoms with Gasteiger partial charge >= 0.3 is 0 Å². The number of nitrogens with one attached hydrogen (secondary N) is 2. The zero-order valence-electron chi connectivity index (χ0n) is 13.1. The number of fused-ring (bicyclic) bond motifs is 1. The molecule has 0 radical (unpaired) electrons. The number of nitrogens with zero attached hydrogens (tertiary/aromatic N) is 1. The lowest BCUT2D eigenvalue weighted by atomic mass is 9.54. The van der Waals surface area contributed by atoms with E-state index in [2.05, 4.69) is 15.5 Å². The molecule has 1 aromatic heterocycles. The molecule has 5 aliphatic carbocycles. The number of carbonyl (C=O) groups excluding carboxylic acids is 1. The highest BCUT2D eigenvalue weighted by atomic mass is 16.2. The Hall–Kier alpha value is -1.32. The molecule has 1 heterocycles. The van der Waals surface area contributed by atoms with Crippen LogP contribution in [0, 0.1) is 23.7 Å². The van der Waals surface area contributed by atoms with Crippen LogP contribution in [0.2, 0.25) is 0 Å². The Morgan fingerprint density at radius 3 is 2.41 bits per heavy atom. The van der Waals surface area contributed by atoms with Crippen LogP contribution in [0.1, 0.15) is 66.7 Å². The van der Waals surface area contributed by atoms with Crippen LogP contribution in [0.3, 0.4) is 0 Å². The van der Waals surface area contributed by atoms with Crippen molar-refractivity contribution in [1.82, 2.24) is 15.5 Å². The number of rotatable bonds is 2. The zero-order valence-corrected chi connectivity index (χ0v) is 13.1. The Morgan fingerprint density at radius 1 is 1.00 bits per heavy atom. The summed E-state index contributed by atoms with van der Waals surface area (Å²) in [4.78, 5) is 12.8. The van der Waals surface area contributed by atoms with Crippen molar-refractivity contribution in [3.8, 4) is 0 Å². The molecule has 118 valence electrons. The number of H-pyrrole nitrogens is 1. The van der Waals surface area contributed by atoms with Crippen LogP contribution in [0.15, 0.2) is 0 Å². The summed E-state index contributed by atoms with van der Waals surface area (Å²) in [6, 6.07) is 0.413. The predicted molar refractivity (Wildman–Crippen MR) is 83.5 cm³/mol. The molecule has 2 N–H and O–H groups in total. The summed E-state index contributed by atoms with van der Waals surface area (Å²) in [5.74, 6) is 3.45. The zero-order chi connectivity index (χ0) is 14.7. The van der Waals surface area contributed by atoms with E-state index in [0.717, 1.165) is 36.5 Å². The first-order chi connectivity index (χ1) is 10.8. The molecule has 5 aliphatic rings. The number of hydrogen-bond acceptors (Lipinski definition) is 2. The van der Waals surface area contributed by atoms with Crippen molar-refractivity contribution >= 4 is 5.91 Å². The number of aryl methyl sites for hydroxylation is 1. The summed E-state index contributed by atoms with van der Waals surface area (Å²) in [5.41, 5.74) is 3.07. The van der Waals surface area contributed by atoms with Crippen LogP contribution in [0.4, 0.5) is 0 Å². The van der Waals surface area contributed by atoms with Gasteiger partial charge in [-0.1, -0.05) is 0 Å². The summed E-state index contributed by atoms with van der Waals surface area (Å²) >= 11 is 0. The van der Waals surface area contributed by atoms with E-state index in [1.54, 1.807) is 0 Å². The first kappa shape index (κ1) is 13.1. The smallest absolute Gasteiger partial charge is 0.272 e. The van der Waals surface area contributed by atoms with Crippen molar-refractivity contribution in [2.45, 2.75) is 63.8 Å². The van der Waals surface area contributed by atoms with Gasteiger partial charge in [-0.15, -0.1) is 0 Å². The van der Waals surface area contributed by atoms with E-state index in [0.29, 0.717) is 11.7 Å². The van der Waals surface area contributed by atoms with E-state index in [1.807, 2.05) is 0 Å². The SMILES string of the molecule is O=C(NC1C2CC3CC(C2)CC1C3)c1n[nH]c2c1CCCC2. The van der Waals surface area contributed by atoms with Crippen LogP contribution >= 0.6 is 0 Å². The van der Waals surface area contributed by atoms with Crippen LogP contribution in [-0.2, 0) is 12.8 Å². The van der Waals surface area contributed by atoms with E-state index in [1.165, 1.54) is 56.2 Å². The minimum Gasteiger partial charge on any atom is -0.347 e. The van der Waals surface area contributed by atoms with Gasteiger partial charge in [0.05, 0.1) is 0 Å². The second-order valence-corrected chi connectivity index (χ2v) is 8.17. The number of carbonyl (C=O) groups is 1. The summed E-state index contributed by atoms with van der Waals surface area (Å²) in [7, 11) is 0. The van der Waals surface area contributed by atoms with Crippen molar-refractivity contribution in [1.29, 1.82) is 0 Å². The molecule has 4 heteroatoms. The lowest BCUT2D eigenvalue weighted by molar-refractivity contribution is -0.0120. The highest BCUT2D eigenvalue weighted by Gasteiger charge is 2.48. The third-order valence-corrected chi connectivity index (χ3v) is 6.80. The summed E-state index contributed by atoms with van der Waals surface area (Å²) in [5, 5.41) is 10.8. The molecule has 6 rings (SSSR count). The van der Waals surface area contributed by atoms with Crippen LogP contribution in [-0.4, -0.2) is 22.1 Å². The van der Waals surface area contributed by atoms with Crippen molar-refractivity contribution in [3.63, 3.8) is 0 Å². The number of aromatic amines is 1. The van der Waals surface area contributed by atoms with Gasteiger partial charge in [0.25, 0.3) is 5.91 Å². The Morgan fingerprint density at radius 2 is 1.68 bits per heavy atom. The quantitative estimate of drug-likeness (QED) is 0.882. The maximum absolute atomic E-state index is 12.8. The highest BCUT2D eigenvalue weighted by Crippen LogP contribution is 2.53. The Bertz CT molecular complexity index is 577. The van der Waals surface area contributed by atoms with Gasteiger partial charge < -0.3 is 5.32 Å². The van der Waals surface area contributed by atoms with E-state index in [9.17, 15) is 4.79 Å². The molecule has 0 saturated heterocycles. The van der Waals surface area contributed by atoms with Crippen LogP contribution < -0.4 is 5.32 Å². The molecule has 1 amide bonds. The van der Waals surface area contributed by atoms with E-state index in [-0.39, 0.29) is 5.91 Å². The van der Waals surface area contributed by atoms with E-state index >= 15 is 0 Å². The lowest BCUT2D eigenvalue weighted by Crippen LogP contribution is -2.55. The van der Waals surface area contributed by atoms with Crippen molar-refractivity contribution in [2.24, 2.45) is 23.7 Å². The molecule has 4 nitrogen and oxygen atoms in total. The summed E-state index contributed by atoms with van der Waals surface area (Å²) in [6.45, 7) is 0. The number of aromatic nitrogens is 2. The average molecular weight is 299 g/mol. The van der Waals surface area contributed by atoms with Crippen LogP contribution in [0.25, 0.3) is 0 Å². The molecule has 4 bridgehead atoms. The molecule has 1 aromatic rings. The number of amides is 1. The van der Waals surface area contributed by atoms with Crippen molar-refractivity contribution < 1.29 is 4.79 Å². The standard InChI is InChI=1S/C18H25N3O/c22-18(17-14-3-1-2-4-15(14)20-21-17)19-16-12-6-10-5-11(8-12)9-13(16)7-10/h10-13,16H,1-9H2,(H,19,22)(H,20,21). The largest absolute Gasteiger partial charge is 0.347 e. The third-order valence-electron chi connectivity index (χ3n) is 6.80. The van der Waals surface area contributed by atoms with E-state index < -0.39 is 0 Å². The molecule has 0 atom stereocenters. The topological polar surface area (TPSA) is 57.8 Å². The summed E-state index contributed by atoms with van der Waals surface area (Å²) < 4.78 is 0. The second-order valence-electron chi connectivity index (χ2n) is 8.17. The predicted octanol–water partition coefficient (Wildman–Crippen LogP) is 2.84. The van der Waals surface area contributed by atoms with Gasteiger partial charge in [0.2, 0.25) is 0 Å². The number of hydrogen-bond donors (Lipinski definition) is 2. The van der Waals surface area contributed by atoms with Gasteiger partial charge in [-0.25, -0.2) is 0 Å². The molecule has 4 fully saturated rings. The monoisotopic (exact) mass is 299 g/mol. The third kappa shape index (κ3) is 1.95. The minimum atomic E-state index is 0.0804. The Balaban J connectivity index is 1.36. The maximum Gasteiger partial charge on any atom is 0.272 e. The fourth-order valence-corrected chi connectivity index (χ4v) is 6.05. The normalized spacial score (nSPS) is 38.8. The van der Waals surface area contributed by atoms with E-state index in [4.69, 9.17) is 0 Å². The molecule has 0 spiro atoms. The second kappa shape index (κ2) is 4.84. The molecule has 0 unspecified atom stereocenters. The van der Waals surface area contributed by atoms with Crippen molar-refractivity contribution in [2.75, 3.05) is 0 Å². The highest BCUT2D eigenvalue weighted by molar-refractivity contribution is 5.94. The van der Waals surface area contributed by atoms with Gasteiger partial charge in [0.1, 0.15) is 0 Å². The Kier molecular flexibility index (Phi) is 2.89. The summed E-state index contributed by atoms with van der Waals surface area (Å²) in [6.07, 6.45) is 11.3. The molecule has 22 heavy (non-hydrogen) atoms. The molecule has 0 aromatic carbocycles. The lowest BCUT2D eigenvalue weighted by Gasteiger charge is -2.54. The fraction of sp³-hybridized carbons (Fsp3) is 0.778. The average Bonchev–Trinajstić information content (AvgIpc) is 2.94. The van der Waals surface area contributed by atoms with Gasteiger partial charge in [-0.2, -0.15) is 5.10 Å². The van der Waals surface area contributed by atoms with Gasteiger partial charge in [0, 0.05) is 17.3 Å². The Labute approximate surface area is 131 Å². The fourth-order valence-electron chi connectivity index (χ4n) is 6.05. The van der Waals surface area contributed by atoms with Crippen LogP contribution in [0.5, 0.6) is 0 Å². The molecule has 0 aliphatic heterocycles. The van der Waals surface area contributed by atoms with Gasteiger partial charge in [-0.05, 0) is 81.5 Å². The van der Waals surface area contributed by atoms with Gasteiger partial charge in [0.15, 0.2) is 5.69 Å². The van der Waals surface area contributed by atoms with Crippen molar-refractivity contribution in [3.05, 3.63) is 17.0 Å². The first-order valence-corrected chi connectivity index (χ1v) is 9.15. The molecular formula is C18H25N3O. The molecular weight excluding hydrogens is 274 g/mol. The first-order valence-electron chi connectivity index (χ1n) is 9.15. The minimum absolute atomic E-state index is 0.0804. The molecule has 4 saturated carbocycles. The van der Waals surface area contributed by atoms with Gasteiger partial charge in [-0.3, -0.25) is 9.89 Å².